The molecule has 2 rings (SSSR count). The highest BCUT2D eigenvalue weighted by molar-refractivity contribution is 5.90. The number of rotatable bonds is 4. The topological polar surface area (TPSA) is 60.9 Å². The van der Waals surface area contributed by atoms with Crippen molar-refractivity contribution in [2.24, 2.45) is 12.8 Å². The first-order valence-electron chi connectivity index (χ1n) is 5.85. The van der Waals surface area contributed by atoms with Crippen LogP contribution in [0, 0.1) is 0 Å². The molecular weight excluding hydrogens is 226 g/mol. The van der Waals surface area contributed by atoms with Gasteiger partial charge < -0.3 is 5.73 Å². The summed E-state index contributed by atoms with van der Waals surface area (Å²) in [7, 11) is 1.83. The van der Waals surface area contributed by atoms with Gasteiger partial charge in [-0.1, -0.05) is 30.3 Å². The third kappa shape index (κ3) is 2.49. The van der Waals surface area contributed by atoms with Crippen molar-refractivity contribution in [3.05, 3.63) is 53.9 Å². The summed E-state index contributed by atoms with van der Waals surface area (Å²) in [5.41, 5.74) is 6.91. The van der Waals surface area contributed by atoms with Gasteiger partial charge in [-0.2, -0.15) is 5.10 Å². The van der Waals surface area contributed by atoms with Crippen molar-refractivity contribution in [3.8, 4) is 0 Å². The first-order valence-corrected chi connectivity index (χ1v) is 5.85. The minimum absolute atomic E-state index is 0.0123. The van der Waals surface area contributed by atoms with Gasteiger partial charge in [-0.05, 0) is 18.1 Å². The minimum atomic E-state index is -0.961. The summed E-state index contributed by atoms with van der Waals surface area (Å²) in [6.45, 7) is 1.75. The Labute approximate surface area is 106 Å². The third-order valence-corrected chi connectivity index (χ3v) is 3.08. The van der Waals surface area contributed by atoms with Crippen LogP contribution in [0.15, 0.2) is 42.7 Å². The summed E-state index contributed by atoms with van der Waals surface area (Å²) in [6.07, 6.45) is 3.83. The van der Waals surface area contributed by atoms with Gasteiger partial charge >= 0.3 is 0 Å². The fourth-order valence-electron chi connectivity index (χ4n) is 1.88. The Morgan fingerprint density at radius 3 is 2.61 bits per heavy atom. The van der Waals surface area contributed by atoms with Gasteiger partial charge in [0.05, 0.1) is 11.7 Å². The summed E-state index contributed by atoms with van der Waals surface area (Å²) in [6, 6.07) is 9.43. The molecule has 1 unspecified atom stereocenters. The number of carbonyl (C=O) groups is 1. The van der Waals surface area contributed by atoms with Crippen LogP contribution in [0.25, 0.3) is 0 Å². The van der Waals surface area contributed by atoms with Crippen molar-refractivity contribution in [1.29, 1.82) is 0 Å². The van der Waals surface area contributed by atoms with E-state index in [4.69, 9.17) is 5.73 Å². The lowest BCUT2D eigenvalue weighted by Gasteiger charge is -2.23. The summed E-state index contributed by atoms with van der Waals surface area (Å²) in [4.78, 5) is 12.3. The zero-order valence-electron chi connectivity index (χ0n) is 10.6. The normalized spacial score (nSPS) is 14.2. The van der Waals surface area contributed by atoms with Crippen molar-refractivity contribution >= 4 is 5.78 Å². The summed E-state index contributed by atoms with van der Waals surface area (Å²) in [5, 5.41) is 4.05. The average molecular weight is 243 g/mol. The molecule has 1 aromatic carbocycles. The predicted molar refractivity (Wildman–Crippen MR) is 69.9 cm³/mol. The van der Waals surface area contributed by atoms with E-state index in [1.807, 2.05) is 43.6 Å². The van der Waals surface area contributed by atoms with Gasteiger partial charge in [0.1, 0.15) is 0 Å². The molecule has 0 spiro atoms. The van der Waals surface area contributed by atoms with Crippen LogP contribution in [0.2, 0.25) is 0 Å². The highest BCUT2D eigenvalue weighted by atomic mass is 16.1. The van der Waals surface area contributed by atoms with Crippen molar-refractivity contribution in [2.45, 2.75) is 18.9 Å². The second-order valence-electron chi connectivity index (χ2n) is 4.69. The number of hydrogen-bond donors (Lipinski definition) is 1. The zero-order chi connectivity index (χ0) is 13.2. The Bertz CT molecular complexity index is 543. The van der Waals surface area contributed by atoms with Crippen LogP contribution in [0.5, 0.6) is 0 Å². The minimum Gasteiger partial charge on any atom is -0.315 e. The molecule has 4 heteroatoms. The Hall–Kier alpha value is -1.94. The Morgan fingerprint density at radius 1 is 1.39 bits per heavy atom. The highest BCUT2D eigenvalue weighted by Crippen LogP contribution is 2.20. The first kappa shape index (κ1) is 12.5. The number of aryl methyl sites for hydroxylation is 1. The fourth-order valence-corrected chi connectivity index (χ4v) is 1.88. The van der Waals surface area contributed by atoms with E-state index in [0.29, 0.717) is 6.42 Å². The van der Waals surface area contributed by atoms with Crippen LogP contribution in [-0.4, -0.2) is 15.6 Å². The molecule has 0 aliphatic carbocycles. The Balaban J connectivity index is 2.18. The third-order valence-electron chi connectivity index (χ3n) is 3.08. The van der Waals surface area contributed by atoms with Gasteiger partial charge in [-0.3, -0.25) is 9.48 Å². The number of carbonyl (C=O) groups excluding carboxylic acids is 1. The van der Waals surface area contributed by atoms with Crippen LogP contribution in [0.3, 0.4) is 0 Å². The van der Waals surface area contributed by atoms with Crippen LogP contribution in [-0.2, 0) is 23.8 Å². The van der Waals surface area contributed by atoms with E-state index in [1.54, 1.807) is 17.8 Å². The molecule has 2 aromatic rings. The maximum Gasteiger partial charge on any atom is 0.161 e. The zero-order valence-corrected chi connectivity index (χ0v) is 10.6. The number of ketones is 1. The lowest BCUT2D eigenvalue weighted by Crippen LogP contribution is -2.42. The second kappa shape index (κ2) is 4.74. The monoisotopic (exact) mass is 243 g/mol. The smallest absolute Gasteiger partial charge is 0.161 e. The molecule has 18 heavy (non-hydrogen) atoms. The lowest BCUT2D eigenvalue weighted by molar-refractivity contribution is -0.123. The molecule has 0 saturated carbocycles. The van der Waals surface area contributed by atoms with E-state index < -0.39 is 5.54 Å². The molecule has 0 aliphatic rings. The number of aromatic nitrogens is 2. The van der Waals surface area contributed by atoms with Crippen LogP contribution < -0.4 is 5.73 Å². The maximum absolute atomic E-state index is 12.3. The van der Waals surface area contributed by atoms with E-state index in [2.05, 4.69) is 5.10 Å². The molecule has 0 aliphatic heterocycles. The highest BCUT2D eigenvalue weighted by Gasteiger charge is 2.30. The maximum atomic E-state index is 12.3. The number of nitrogens with zero attached hydrogens (tertiary/aromatic N) is 2. The van der Waals surface area contributed by atoms with Crippen molar-refractivity contribution in [3.63, 3.8) is 0 Å². The largest absolute Gasteiger partial charge is 0.315 e. The fraction of sp³-hybridized carbons (Fsp3) is 0.286. The van der Waals surface area contributed by atoms with E-state index in [1.165, 1.54) is 0 Å². The molecule has 94 valence electrons. The number of benzene rings is 1. The number of Topliss-reactive ketones (excluding diaryl/α,β-unsaturated/α-hetero) is 1. The second-order valence-corrected chi connectivity index (χ2v) is 4.69. The van der Waals surface area contributed by atoms with Crippen molar-refractivity contribution < 1.29 is 4.79 Å². The van der Waals surface area contributed by atoms with Gasteiger partial charge in [0, 0.05) is 19.7 Å². The van der Waals surface area contributed by atoms with E-state index in [9.17, 15) is 4.79 Å². The predicted octanol–water partition coefficient (Wildman–Crippen LogP) is 1.41. The molecule has 2 N–H and O–H groups in total. The molecule has 4 nitrogen and oxygen atoms in total. The van der Waals surface area contributed by atoms with Gasteiger partial charge in [-0.25, -0.2) is 0 Å². The quantitative estimate of drug-likeness (QED) is 0.883. The molecule has 1 atom stereocenters. The molecule has 0 amide bonds. The molecule has 1 aromatic heterocycles. The summed E-state index contributed by atoms with van der Waals surface area (Å²) in [5.74, 6) is -0.0123. The van der Waals surface area contributed by atoms with Crippen LogP contribution >= 0.6 is 0 Å². The first-order chi connectivity index (χ1) is 8.50. The van der Waals surface area contributed by atoms with Gasteiger partial charge in [0.2, 0.25) is 0 Å². The summed E-state index contributed by atoms with van der Waals surface area (Å²) < 4.78 is 1.68. The molecular formula is C14H17N3O. The Morgan fingerprint density at radius 2 is 2.06 bits per heavy atom. The summed E-state index contributed by atoms with van der Waals surface area (Å²) >= 11 is 0. The van der Waals surface area contributed by atoms with Gasteiger partial charge in [0.25, 0.3) is 0 Å². The van der Waals surface area contributed by atoms with E-state index in [0.717, 1.165) is 11.1 Å². The molecule has 0 saturated heterocycles. The molecule has 0 radical (unpaired) electrons. The standard InChI is InChI=1S/C14H17N3O/c1-14(15,12-6-4-3-5-7-12)13(18)8-11-9-16-17(2)10-11/h3-7,9-10H,8,15H2,1-2H3. The van der Waals surface area contributed by atoms with Crippen molar-refractivity contribution in [1.82, 2.24) is 9.78 Å². The van der Waals surface area contributed by atoms with Gasteiger partial charge in [-0.15, -0.1) is 0 Å². The van der Waals surface area contributed by atoms with Crippen LogP contribution in [0.4, 0.5) is 0 Å². The molecule has 1 heterocycles. The number of hydrogen-bond acceptors (Lipinski definition) is 3. The van der Waals surface area contributed by atoms with E-state index >= 15 is 0 Å². The average Bonchev–Trinajstić information content (AvgIpc) is 2.76. The van der Waals surface area contributed by atoms with Crippen molar-refractivity contribution in [2.75, 3.05) is 0 Å². The van der Waals surface area contributed by atoms with Crippen LogP contribution in [0.1, 0.15) is 18.1 Å². The molecule has 0 bridgehead atoms. The lowest BCUT2D eigenvalue weighted by atomic mass is 9.86. The number of nitrogens with two attached hydrogens (primary N) is 1. The van der Waals surface area contributed by atoms with Gasteiger partial charge in [0.15, 0.2) is 5.78 Å². The SMILES string of the molecule is Cn1cc(CC(=O)C(C)(N)c2ccccc2)cn1. The molecule has 0 fully saturated rings. The Kier molecular flexibility index (Phi) is 3.30. The van der Waals surface area contributed by atoms with E-state index in [-0.39, 0.29) is 5.78 Å².